The van der Waals surface area contributed by atoms with E-state index < -0.39 is 77.9 Å². The zero-order valence-electron chi connectivity index (χ0n) is 32.0. The summed E-state index contributed by atoms with van der Waals surface area (Å²) in [5, 5.41) is 41.8. The van der Waals surface area contributed by atoms with Crippen LogP contribution in [0.4, 0.5) is 0 Å². The fourth-order valence-corrected chi connectivity index (χ4v) is 7.30. The summed E-state index contributed by atoms with van der Waals surface area (Å²) in [6, 6.07) is 0.379. The number of carbonyl (C=O) groups is 6. The average molecular weight is 821 g/mol. The number of hydrogen-bond acceptors (Lipinski definition) is 11. The van der Waals surface area contributed by atoms with Crippen molar-refractivity contribution in [2.45, 2.75) is 94.2 Å². The summed E-state index contributed by atoms with van der Waals surface area (Å²) in [5.74, 6) is -3.76. The molecule has 0 aliphatic carbocycles. The number of aromatic amines is 1. The summed E-state index contributed by atoms with van der Waals surface area (Å²) >= 11 is 3.01. The van der Waals surface area contributed by atoms with Gasteiger partial charge in [0, 0.05) is 36.6 Å². The number of carboxylic acid groups (broad SMARTS) is 1. The van der Waals surface area contributed by atoms with E-state index >= 15 is 0 Å². The van der Waals surface area contributed by atoms with Gasteiger partial charge in [-0.15, -0.1) is 0 Å². The highest BCUT2D eigenvalue weighted by atomic mass is 32.2. The maximum atomic E-state index is 14.2. The Balaban J connectivity index is 1.83. The first-order valence-corrected chi connectivity index (χ1v) is 21.3. The number of carbonyl (C=O) groups excluding carboxylic acids is 5. The lowest BCUT2D eigenvalue weighted by atomic mass is 10.0. The molecule has 2 aromatic rings. The molecule has 56 heavy (non-hydrogen) atoms. The van der Waals surface area contributed by atoms with Crippen LogP contribution in [-0.2, 0) is 35.2 Å². The minimum Gasteiger partial charge on any atom is -0.480 e. The zero-order valence-corrected chi connectivity index (χ0v) is 33.6. The third-order valence-electron chi connectivity index (χ3n) is 9.43. The van der Waals surface area contributed by atoms with Crippen molar-refractivity contribution in [2.75, 3.05) is 37.1 Å². The first-order valence-electron chi connectivity index (χ1n) is 18.5. The lowest BCUT2D eigenvalue weighted by Crippen LogP contribution is -2.61. The third kappa shape index (κ3) is 13.6. The summed E-state index contributed by atoms with van der Waals surface area (Å²) in [6.07, 6.45) is 5.62. The molecule has 20 heteroatoms. The predicted octanol–water partition coefficient (Wildman–Crippen LogP) is -0.797. The number of aliphatic hydroxyl groups is 1. The Bertz CT molecular complexity index is 1680. The van der Waals surface area contributed by atoms with Crippen molar-refractivity contribution in [3.8, 4) is 0 Å². The van der Waals surface area contributed by atoms with Gasteiger partial charge in [-0.3, -0.25) is 29.4 Å². The second kappa shape index (κ2) is 22.9. The van der Waals surface area contributed by atoms with Crippen molar-refractivity contribution in [3.63, 3.8) is 0 Å². The fourth-order valence-electron chi connectivity index (χ4n) is 6.34. The van der Waals surface area contributed by atoms with Crippen LogP contribution in [0.1, 0.15) is 51.0 Å². The van der Waals surface area contributed by atoms with Crippen molar-refractivity contribution in [3.05, 3.63) is 36.0 Å². The van der Waals surface area contributed by atoms with Crippen molar-refractivity contribution in [2.24, 2.45) is 11.5 Å². The first kappa shape index (κ1) is 45.9. The molecule has 0 bridgehead atoms. The van der Waals surface area contributed by atoms with Crippen LogP contribution in [-0.4, -0.2) is 141 Å². The minimum absolute atomic E-state index is 0.0218. The molecule has 13 N–H and O–H groups in total. The fraction of sp³-hybridized carbons (Fsp3) is 0.583. The number of H-pyrrole nitrogens is 1. The molecule has 1 aromatic heterocycles. The Morgan fingerprint density at radius 3 is 2.27 bits per heavy atom. The largest absolute Gasteiger partial charge is 0.480 e. The van der Waals surface area contributed by atoms with E-state index in [2.05, 4.69) is 31.6 Å². The summed E-state index contributed by atoms with van der Waals surface area (Å²) < 4.78 is 0. The topological polar surface area (TPSA) is 298 Å². The van der Waals surface area contributed by atoms with Crippen LogP contribution in [0.2, 0.25) is 0 Å². The van der Waals surface area contributed by atoms with Crippen LogP contribution in [0, 0.1) is 5.41 Å². The van der Waals surface area contributed by atoms with E-state index in [0.29, 0.717) is 29.9 Å². The van der Waals surface area contributed by atoms with E-state index in [9.17, 15) is 39.0 Å². The Morgan fingerprint density at radius 1 is 0.946 bits per heavy atom. The van der Waals surface area contributed by atoms with Gasteiger partial charge in [0.2, 0.25) is 29.5 Å². The van der Waals surface area contributed by atoms with Crippen LogP contribution in [0.5, 0.6) is 0 Å². The number of para-hydroxylation sites is 1. The second-order valence-electron chi connectivity index (χ2n) is 13.7. The number of nitrogens with zero attached hydrogens (tertiary/aromatic N) is 1. The molecule has 5 amide bonds. The highest BCUT2D eigenvalue weighted by Crippen LogP contribution is 2.22. The standard InChI is InChI=1S/C36H56N10O8S2/c1-20(47)29(34(52)46-15-7-11-28(46)33(51)43-26(35(53)54)10-6-14-40-36(38)39)45-32(50)27(18-21-19-41-24-9-5-4-8-22(21)24)44-31(49)25(13-17-56-3)42-30(48)23(37)12-16-55-2/h4-5,8-9,19-20,23,25-29,41,47H,6-7,10-18,37H2,1-3H3,(H,42,48)(H,43,51)(H,44,49)(H,45,50)(H,53,54)(H4,38,39,40)/t20-,23+,25+,26+,27+,28+,29+/m1/s1. The number of nitrogens with two attached hydrogens (primary N) is 2. The maximum Gasteiger partial charge on any atom is 0.326 e. The number of aromatic nitrogens is 1. The number of carboxylic acids is 1. The number of likely N-dealkylation sites (tertiary alicyclic amines) is 1. The summed E-state index contributed by atoms with van der Waals surface area (Å²) in [5.41, 5.74) is 12.8. The summed E-state index contributed by atoms with van der Waals surface area (Å²) in [7, 11) is 0. The summed E-state index contributed by atoms with van der Waals surface area (Å²) in [6.45, 7) is 1.65. The van der Waals surface area contributed by atoms with Gasteiger partial charge < -0.3 is 58.1 Å². The van der Waals surface area contributed by atoms with E-state index in [0.717, 1.165) is 10.9 Å². The molecule has 7 atom stereocenters. The number of nitrogens with one attached hydrogen (secondary N) is 7. The number of thioether (sulfide) groups is 2. The van der Waals surface area contributed by atoms with Crippen LogP contribution in [0.3, 0.4) is 0 Å². The third-order valence-corrected chi connectivity index (χ3v) is 10.7. The molecule has 0 saturated carbocycles. The smallest absolute Gasteiger partial charge is 0.326 e. The molecule has 2 heterocycles. The average Bonchev–Trinajstić information content (AvgIpc) is 3.82. The monoisotopic (exact) mass is 820 g/mol. The van der Waals surface area contributed by atoms with E-state index in [1.165, 1.54) is 35.3 Å². The number of guanidine groups is 1. The van der Waals surface area contributed by atoms with Gasteiger partial charge in [-0.05, 0) is 81.1 Å². The van der Waals surface area contributed by atoms with Gasteiger partial charge in [-0.25, -0.2) is 4.79 Å². The van der Waals surface area contributed by atoms with Crippen molar-refractivity contribution < 1.29 is 39.0 Å². The molecule has 1 aromatic carbocycles. The molecular weight excluding hydrogens is 765 g/mol. The summed E-state index contributed by atoms with van der Waals surface area (Å²) in [4.78, 5) is 84.7. The number of hydrogen-bond donors (Lipinski definition) is 11. The molecule has 1 aliphatic rings. The van der Waals surface area contributed by atoms with E-state index in [1.54, 1.807) is 6.20 Å². The molecule has 1 fully saturated rings. The van der Waals surface area contributed by atoms with Crippen LogP contribution in [0.15, 0.2) is 30.5 Å². The van der Waals surface area contributed by atoms with E-state index in [4.69, 9.17) is 16.9 Å². The zero-order chi connectivity index (χ0) is 41.4. The molecule has 3 rings (SSSR count). The Hall–Kier alpha value is -4.53. The number of aliphatic hydroxyl groups excluding tert-OH is 1. The first-order chi connectivity index (χ1) is 26.7. The van der Waals surface area contributed by atoms with E-state index in [-0.39, 0.29) is 51.2 Å². The Morgan fingerprint density at radius 2 is 1.61 bits per heavy atom. The van der Waals surface area contributed by atoms with Gasteiger partial charge in [0.1, 0.15) is 30.2 Å². The molecular formula is C36H56N10O8S2. The maximum absolute atomic E-state index is 14.2. The molecule has 1 aliphatic heterocycles. The number of fused-ring (bicyclic) bond motifs is 1. The second-order valence-corrected chi connectivity index (χ2v) is 15.6. The minimum atomic E-state index is -1.53. The lowest BCUT2D eigenvalue weighted by Gasteiger charge is -2.31. The SMILES string of the molecule is CSCC[C@H](NC(=O)[C@@H](N)CCSC)C(=O)N[C@@H](Cc1c[nH]c2ccccc12)C(=O)N[C@H](C(=O)N1CCC[C@H]1C(=O)N[C@@H](CCCNC(=N)N)C(=O)O)[C@@H](C)O. The van der Waals surface area contributed by atoms with Gasteiger partial charge in [-0.2, -0.15) is 23.5 Å². The lowest BCUT2D eigenvalue weighted by molar-refractivity contribution is -0.146. The van der Waals surface area contributed by atoms with E-state index in [1.807, 2.05) is 36.8 Å². The molecule has 18 nitrogen and oxygen atoms in total. The quantitative estimate of drug-likeness (QED) is 0.0373. The number of benzene rings is 1. The van der Waals surface area contributed by atoms with Crippen molar-refractivity contribution in [1.82, 2.24) is 36.5 Å². The number of amides is 5. The Kier molecular flexibility index (Phi) is 18.7. The van der Waals surface area contributed by atoms with Gasteiger partial charge in [0.25, 0.3) is 0 Å². The molecule has 0 unspecified atom stereocenters. The highest BCUT2D eigenvalue weighted by Gasteiger charge is 2.41. The number of rotatable bonds is 23. The van der Waals surface area contributed by atoms with Gasteiger partial charge in [-0.1, -0.05) is 18.2 Å². The van der Waals surface area contributed by atoms with Gasteiger partial charge in [0.15, 0.2) is 5.96 Å². The van der Waals surface area contributed by atoms with Crippen LogP contribution < -0.4 is 38.1 Å². The predicted molar refractivity (Wildman–Crippen MR) is 217 cm³/mol. The molecule has 310 valence electrons. The molecule has 0 spiro atoms. The molecule has 0 radical (unpaired) electrons. The van der Waals surface area contributed by atoms with Crippen molar-refractivity contribution >= 4 is 75.9 Å². The number of aliphatic carboxylic acids is 1. The van der Waals surface area contributed by atoms with Gasteiger partial charge >= 0.3 is 5.97 Å². The molecule has 1 saturated heterocycles. The highest BCUT2D eigenvalue weighted by molar-refractivity contribution is 7.98. The van der Waals surface area contributed by atoms with Crippen molar-refractivity contribution in [1.29, 1.82) is 5.41 Å². The van der Waals surface area contributed by atoms with Crippen LogP contribution >= 0.6 is 23.5 Å². The van der Waals surface area contributed by atoms with Gasteiger partial charge in [0.05, 0.1) is 12.1 Å². The Labute approximate surface area is 334 Å². The van der Waals surface area contributed by atoms with Crippen LogP contribution in [0.25, 0.3) is 10.9 Å². The normalized spacial score (nSPS) is 17.2.